The van der Waals surface area contributed by atoms with Crippen molar-refractivity contribution in [3.63, 3.8) is 0 Å². The summed E-state index contributed by atoms with van der Waals surface area (Å²) in [5.74, 6) is -0.285. The highest BCUT2D eigenvalue weighted by Gasteiger charge is 2.11. The first-order valence-corrected chi connectivity index (χ1v) is 7.63. The first kappa shape index (κ1) is 19.0. The van der Waals surface area contributed by atoms with Gasteiger partial charge in [-0.25, -0.2) is 4.79 Å². The van der Waals surface area contributed by atoms with Crippen LogP contribution in [0.4, 0.5) is 5.69 Å². The lowest BCUT2D eigenvalue weighted by molar-refractivity contribution is -0.138. The van der Waals surface area contributed by atoms with Gasteiger partial charge in [-0.3, -0.25) is 4.79 Å². The minimum Gasteiger partial charge on any atom is -0.465 e. The topological polar surface area (TPSA) is 67.9 Å². The third-order valence-electron chi connectivity index (χ3n) is 3.17. The molecule has 1 heterocycles. The number of anilines is 1. The van der Waals surface area contributed by atoms with Crippen LogP contribution >= 0.6 is 0 Å². The molecule has 6 nitrogen and oxygen atoms in total. The van der Waals surface area contributed by atoms with Gasteiger partial charge in [0, 0.05) is 31.9 Å². The first-order chi connectivity index (χ1) is 10.9. The summed E-state index contributed by atoms with van der Waals surface area (Å²) in [6.45, 7) is 9.97. The fourth-order valence-corrected chi connectivity index (χ4v) is 1.99. The van der Waals surface area contributed by atoms with Gasteiger partial charge in [0.2, 0.25) is 0 Å². The average Bonchev–Trinajstić information content (AvgIpc) is 2.54. The zero-order chi connectivity index (χ0) is 17.3. The van der Waals surface area contributed by atoms with E-state index in [1.165, 1.54) is 7.11 Å². The van der Waals surface area contributed by atoms with E-state index in [2.05, 4.69) is 19.7 Å². The summed E-state index contributed by atoms with van der Waals surface area (Å²) in [6, 6.07) is 7.56. The van der Waals surface area contributed by atoms with Crippen LogP contribution < -0.4 is 10.2 Å². The molecule has 1 N–H and O–H groups in total. The van der Waals surface area contributed by atoms with Gasteiger partial charge in [0.25, 0.3) is 6.47 Å². The fraction of sp³-hybridized carbons (Fsp3) is 0.529. The highest BCUT2D eigenvalue weighted by atomic mass is 16.5. The molecule has 1 aliphatic rings. The van der Waals surface area contributed by atoms with Crippen LogP contribution in [0.5, 0.6) is 0 Å². The molecule has 1 aromatic rings. The van der Waals surface area contributed by atoms with Gasteiger partial charge in [0.1, 0.15) is 5.60 Å². The standard InChI is InChI=1S/C12H16N2O2.C5H10O2/c1-16-12(15)10-2-4-11(5-3-10)14-8-6-13-7-9-14;1-5(2,3)7-4-6/h2-5,13H,6-9H2,1H3;4H,1-3H3. The Labute approximate surface area is 137 Å². The average molecular weight is 322 g/mol. The molecule has 1 aromatic carbocycles. The molecule has 0 amide bonds. The third kappa shape index (κ3) is 7.15. The first-order valence-electron chi connectivity index (χ1n) is 7.63. The van der Waals surface area contributed by atoms with Crippen LogP contribution in [0.2, 0.25) is 0 Å². The van der Waals surface area contributed by atoms with Gasteiger partial charge in [0.05, 0.1) is 12.7 Å². The molecular formula is C17H26N2O4. The van der Waals surface area contributed by atoms with E-state index < -0.39 is 0 Å². The van der Waals surface area contributed by atoms with Gasteiger partial charge in [-0.1, -0.05) is 0 Å². The van der Waals surface area contributed by atoms with Crippen molar-refractivity contribution in [2.45, 2.75) is 26.4 Å². The normalized spacial score (nSPS) is 14.3. The molecule has 1 fully saturated rings. The number of carbonyl (C=O) groups excluding carboxylic acids is 2. The van der Waals surface area contributed by atoms with E-state index in [0.29, 0.717) is 12.0 Å². The highest BCUT2D eigenvalue weighted by molar-refractivity contribution is 5.89. The number of esters is 1. The van der Waals surface area contributed by atoms with Gasteiger partial charge in [-0.05, 0) is 45.0 Å². The maximum absolute atomic E-state index is 11.3. The Morgan fingerprint density at radius 3 is 2.13 bits per heavy atom. The van der Waals surface area contributed by atoms with Crippen LogP contribution in [0.1, 0.15) is 31.1 Å². The van der Waals surface area contributed by atoms with Gasteiger partial charge in [0.15, 0.2) is 0 Å². The second kappa shape index (κ2) is 9.15. The van der Waals surface area contributed by atoms with Crippen LogP contribution in [0.3, 0.4) is 0 Å². The van der Waals surface area contributed by atoms with Crippen LogP contribution in [0, 0.1) is 0 Å². The molecule has 0 spiro atoms. The van der Waals surface area contributed by atoms with Crippen molar-refractivity contribution in [3.05, 3.63) is 29.8 Å². The number of hydrogen-bond acceptors (Lipinski definition) is 6. The van der Waals surface area contributed by atoms with E-state index >= 15 is 0 Å². The van der Waals surface area contributed by atoms with E-state index in [1.807, 2.05) is 45.0 Å². The monoisotopic (exact) mass is 322 g/mol. The van der Waals surface area contributed by atoms with Gasteiger partial charge in [-0.15, -0.1) is 0 Å². The molecule has 0 unspecified atom stereocenters. The summed E-state index contributed by atoms with van der Waals surface area (Å²) in [7, 11) is 1.40. The number of benzene rings is 1. The number of carbonyl (C=O) groups is 2. The summed E-state index contributed by atoms with van der Waals surface area (Å²) in [5, 5.41) is 3.31. The molecular weight excluding hydrogens is 296 g/mol. The number of nitrogens with one attached hydrogen (secondary N) is 1. The quantitative estimate of drug-likeness (QED) is 0.676. The molecule has 1 aliphatic heterocycles. The lowest BCUT2D eigenvalue weighted by Gasteiger charge is -2.29. The number of ether oxygens (including phenoxy) is 2. The molecule has 2 rings (SSSR count). The van der Waals surface area contributed by atoms with Crippen LogP contribution in [0.15, 0.2) is 24.3 Å². The molecule has 128 valence electrons. The zero-order valence-corrected chi connectivity index (χ0v) is 14.3. The number of piperazine rings is 1. The lowest BCUT2D eigenvalue weighted by atomic mass is 10.2. The number of methoxy groups -OCH3 is 1. The van der Waals surface area contributed by atoms with Crippen molar-refractivity contribution in [1.29, 1.82) is 0 Å². The maximum atomic E-state index is 11.3. The highest BCUT2D eigenvalue weighted by Crippen LogP contribution is 2.16. The van der Waals surface area contributed by atoms with Crippen molar-refractivity contribution >= 4 is 18.1 Å². The SMILES string of the molecule is CC(C)(C)OC=O.COC(=O)c1ccc(N2CCNCC2)cc1. The second-order valence-electron chi connectivity index (χ2n) is 6.10. The third-order valence-corrected chi connectivity index (χ3v) is 3.17. The molecule has 1 saturated heterocycles. The molecule has 23 heavy (non-hydrogen) atoms. The molecule has 0 bridgehead atoms. The smallest absolute Gasteiger partial charge is 0.337 e. The summed E-state index contributed by atoms with van der Waals surface area (Å²) >= 11 is 0. The Balaban J connectivity index is 0.000000322. The predicted molar refractivity (Wildman–Crippen MR) is 89.8 cm³/mol. The van der Waals surface area contributed by atoms with E-state index in [9.17, 15) is 9.59 Å². The van der Waals surface area contributed by atoms with E-state index in [4.69, 9.17) is 0 Å². The molecule has 0 radical (unpaired) electrons. The minimum absolute atomic E-state index is 0.285. The fourth-order valence-electron chi connectivity index (χ4n) is 1.99. The van der Waals surface area contributed by atoms with Gasteiger partial charge in [-0.2, -0.15) is 0 Å². The Hall–Kier alpha value is -2.08. The Kier molecular flexibility index (Phi) is 7.54. The number of nitrogens with zero attached hydrogens (tertiary/aromatic N) is 1. The summed E-state index contributed by atoms with van der Waals surface area (Å²) in [5.41, 5.74) is 1.44. The largest absolute Gasteiger partial charge is 0.465 e. The number of hydrogen-bond donors (Lipinski definition) is 1. The van der Waals surface area contributed by atoms with Crippen LogP contribution in [-0.4, -0.2) is 51.3 Å². The molecule has 0 atom stereocenters. The van der Waals surface area contributed by atoms with Crippen molar-refractivity contribution in [2.75, 3.05) is 38.2 Å². The molecule has 6 heteroatoms. The van der Waals surface area contributed by atoms with Crippen molar-refractivity contribution < 1.29 is 19.1 Å². The van der Waals surface area contributed by atoms with Crippen molar-refractivity contribution in [1.82, 2.24) is 5.32 Å². The van der Waals surface area contributed by atoms with Crippen LogP contribution in [0.25, 0.3) is 0 Å². The van der Waals surface area contributed by atoms with Crippen LogP contribution in [-0.2, 0) is 14.3 Å². The number of rotatable bonds is 3. The zero-order valence-electron chi connectivity index (χ0n) is 14.3. The van der Waals surface area contributed by atoms with Crippen molar-refractivity contribution in [2.24, 2.45) is 0 Å². The van der Waals surface area contributed by atoms with E-state index in [0.717, 1.165) is 31.9 Å². The second-order valence-corrected chi connectivity index (χ2v) is 6.10. The van der Waals surface area contributed by atoms with Crippen molar-refractivity contribution in [3.8, 4) is 0 Å². The van der Waals surface area contributed by atoms with Gasteiger partial charge >= 0.3 is 5.97 Å². The summed E-state index contributed by atoms with van der Waals surface area (Å²) in [6.07, 6.45) is 0. The summed E-state index contributed by atoms with van der Waals surface area (Å²) < 4.78 is 9.21. The van der Waals surface area contributed by atoms with E-state index in [1.54, 1.807) is 0 Å². The van der Waals surface area contributed by atoms with E-state index in [-0.39, 0.29) is 11.6 Å². The molecule has 0 aromatic heterocycles. The Bertz CT molecular complexity index is 488. The Morgan fingerprint density at radius 2 is 1.74 bits per heavy atom. The molecule has 0 aliphatic carbocycles. The Morgan fingerprint density at radius 1 is 1.17 bits per heavy atom. The maximum Gasteiger partial charge on any atom is 0.337 e. The minimum atomic E-state index is -0.318. The lowest BCUT2D eigenvalue weighted by Crippen LogP contribution is -2.43. The summed E-state index contributed by atoms with van der Waals surface area (Å²) in [4.78, 5) is 23.2. The van der Waals surface area contributed by atoms with Gasteiger partial charge < -0.3 is 19.7 Å². The molecule has 0 saturated carbocycles. The predicted octanol–water partition coefficient (Wildman–Crippen LogP) is 1.84.